The highest BCUT2D eigenvalue weighted by Crippen LogP contribution is 2.20. The standard InChI is InChI=1S/C25H28N4O4S/c1-28-14-16-29(17-15-28)34(32,33)23-10-8-22(9-11-23)27-24(30)12-13-26-25(31)21-7-6-19-4-2-3-5-20(19)18-21/h2-11,18H,12-17H2,1H3,(H,26,31)(H,27,30). The van der Waals surface area contributed by atoms with Crippen molar-refractivity contribution in [1.29, 1.82) is 0 Å². The van der Waals surface area contributed by atoms with Crippen LogP contribution in [0.25, 0.3) is 10.8 Å². The molecule has 0 spiro atoms. The topological polar surface area (TPSA) is 98.8 Å². The number of amides is 2. The summed E-state index contributed by atoms with van der Waals surface area (Å²) >= 11 is 0. The van der Waals surface area contributed by atoms with Crippen LogP contribution in [0.1, 0.15) is 16.8 Å². The lowest BCUT2D eigenvalue weighted by Gasteiger charge is -2.31. The molecule has 1 aliphatic heterocycles. The lowest BCUT2D eigenvalue weighted by atomic mass is 10.1. The van der Waals surface area contributed by atoms with E-state index in [0.29, 0.717) is 37.4 Å². The average molecular weight is 481 g/mol. The van der Waals surface area contributed by atoms with Crippen molar-refractivity contribution in [2.75, 3.05) is 45.1 Å². The summed E-state index contributed by atoms with van der Waals surface area (Å²) in [6, 6.07) is 19.4. The molecule has 0 atom stereocenters. The number of fused-ring (bicyclic) bond motifs is 1. The lowest BCUT2D eigenvalue weighted by molar-refractivity contribution is -0.116. The zero-order valence-corrected chi connectivity index (χ0v) is 19.8. The monoisotopic (exact) mass is 480 g/mol. The van der Waals surface area contributed by atoms with Crippen LogP contribution < -0.4 is 10.6 Å². The van der Waals surface area contributed by atoms with E-state index < -0.39 is 10.0 Å². The zero-order valence-electron chi connectivity index (χ0n) is 19.0. The Kier molecular flexibility index (Phi) is 7.26. The fraction of sp³-hybridized carbons (Fsp3) is 0.280. The van der Waals surface area contributed by atoms with Crippen LogP contribution in [0, 0.1) is 0 Å². The second-order valence-electron chi connectivity index (χ2n) is 8.35. The summed E-state index contributed by atoms with van der Waals surface area (Å²) in [4.78, 5) is 27.0. The Morgan fingerprint density at radius 2 is 1.56 bits per heavy atom. The third-order valence-corrected chi connectivity index (χ3v) is 7.80. The average Bonchev–Trinajstić information content (AvgIpc) is 2.84. The van der Waals surface area contributed by atoms with Crippen molar-refractivity contribution in [1.82, 2.24) is 14.5 Å². The molecule has 0 bridgehead atoms. The van der Waals surface area contributed by atoms with Gasteiger partial charge in [-0.3, -0.25) is 9.59 Å². The first-order chi connectivity index (χ1) is 16.3. The number of nitrogens with zero attached hydrogens (tertiary/aromatic N) is 2. The van der Waals surface area contributed by atoms with E-state index in [0.717, 1.165) is 10.8 Å². The molecule has 0 aliphatic carbocycles. The number of carbonyl (C=O) groups excluding carboxylic acids is 2. The summed E-state index contributed by atoms with van der Waals surface area (Å²) in [7, 11) is -1.58. The van der Waals surface area contributed by atoms with E-state index >= 15 is 0 Å². The molecule has 0 radical (unpaired) electrons. The highest BCUT2D eigenvalue weighted by molar-refractivity contribution is 7.89. The summed E-state index contributed by atoms with van der Waals surface area (Å²) in [6.45, 7) is 2.51. The van der Waals surface area contributed by atoms with Crippen LogP contribution in [0.15, 0.2) is 71.6 Å². The summed E-state index contributed by atoms with van der Waals surface area (Å²) in [5, 5.41) is 7.53. The summed E-state index contributed by atoms with van der Waals surface area (Å²) < 4.78 is 27.1. The first kappa shape index (κ1) is 23.9. The molecule has 1 aliphatic rings. The van der Waals surface area contributed by atoms with E-state index in [1.807, 2.05) is 43.4 Å². The van der Waals surface area contributed by atoms with E-state index in [1.54, 1.807) is 18.2 Å². The first-order valence-electron chi connectivity index (χ1n) is 11.2. The molecule has 8 nitrogen and oxygen atoms in total. The molecule has 178 valence electrons. The van der Waals surface area contributed by atoms with Gasteiger partial charge in [-0.2, -0.15) is 4.31 Å². The van der Waals surface area contributed by atoms with Crippen molar-refractivity contribution < 1.29 is 18.0 Å². The third kappa shape index (κ3) is 5.61. The maximum absolute atomic E-state index is 12.8. The van der Waals surface area contributed by atoms with Gasteiger partial charge in [-0.05, 0) is 54.2 Å². The molecule has 1 saturated heterocycles. The number of rotatable bonds is 7. The van der Waals surface area contributed by atoms with Gasteiger partial charge in [-0.1, -0.05) is 30.3 Å². The number of carbonyl (C=O) groups is 2. The van der Waals surface area contributed by atoms with E-state index in [2.05, 4.69) is 15.5 Å². The van der Waals surface area contributed by atoms with Gasteiger partial charge in [-0.25, -0.2) is 8.42 Å². The maximum atomic E-state index is 12.8. The van der Waals surface area contributed by atoms with Gasteiger partial charge < -0.3 is 15.5 Å². The van der Waals surface area contributed by atoms with Crippen LogP contribution in [-0.4, -0.2) is 69.2 Å². The Bertz CT molecular complexity index is 1280. The summed E-state index contributed by atoms with van der Waals surface area (Å²) in [5.41, 5.74) is 1.04. The van der Waals surface area contributed by atoms with Crippen LogP contribution in [0.4, 0.5) is 5.69 Å². The second-order valence-corrected chi connectivity index (χ2v) is 10.3. The van der Waals surface area contributed by atoms with Gasteiger partial charge in [0.25, 0.3) is 5.91 Å². The quantitative estimate of drug-likeness (QED) is 0.542. The van der Waals surface area contributed by atoms with Gasteiger partial charge in [0.15, 0.2) is 0 Å². The van der Waals surface area contributed by atoms with Crippen molar-refractivity contribution in [2.24, 2.45) is 0 Å². The number of likely N-dealkylation sites (N-methyl/N-ethyl adjacent to an activating group) is 1. The predicted molar refractivity (Wildman–Crippen MR) is 132 cm³/mol. The molecular formula is C25H28N4O4S. The van der Waals surface area contributed by atoms with Crippen molar-refractivity contribution in [3.8, 4) is 0 Å². The number of anilines is 1. The number of sulfonamides is 1. The number of hydrogen-bond acceptors (Lipinski definition) is 5. The Labute approximate surface area is 199 Å². The zero-order chi connectivity index (χ0) is 24.1. The fourth-order valence-electron chi connectivity index (χ4n) is 3.83. The minimum Gasteiger partial charge on any atom is -0.352 e. The molecule has 1 heterocycles. The highest BCUT2D eigenvalue weighted by atomic mass is 32.2. The van der Waals surface area contributed by atoms with Crippen LogP contribution in [0.2, 0.25) is 0 Å². The minimum atomic E-state index is -3.55. The number of piperazine rings is 1. The van der Waals surface area contributed by atoms with Gasteiger partial charge in [0, 0.05) is 50.4 Å². The molecule has 0 aromatic heterocycles. The summed E-state index contributed by atoms with van der Waals surface area (Å²) in [6.07, 6.45) is 0.0979. The molecule has 0 saturated carbocycles. The Morgan fingerprint density at radius 3 is 2.26 bits per heavy atom. The Morgan fingerprint density at radius 1 is 0.882 bits per heavy atom. The molecular weight excluding hydrogens is 452 g/mol. The van der Waals surface area contributed by atoms with Crippen LogP contribution in [0.5, 0.6) is 0 Å². The third-order valence-electron chi connectivity index (χ3n) is 5.89. The van der Waals surface area contributed by atoms with Crippen LogP contribution >= 0.6 is 0 Å². The van der Waals surface area contributed by atoms with Crippen molar-refractivity contribution in [2.45, 2.75) is 11.3 Å². The van der Waals surface area contributed by atoms with E-state index in [4.69, 9.17) is 0 Å². The maximum Gasteiger partial charge on any atom is 0.251 e. The molecule has 9 heteroatoms. The first-order valence-corrected chi connectivity index (χ1v) is 12.6. The van der Waals surface area contributed by atoms with Crippen molar-refractivity contribution in [3.63, 3.8) is 0 Å². The van der Waals surface area contributed by atoms with Gasteiger partial charge in [0.05, 0.1) is 4.90 Å². The molecule has 1 fully saturated rings. The highest BCUT2D eigenvalue weighted by Gasteiger charge is 2.27. The number of hydrogen-bond donors (Lipinski definition) is 2. The molecule has 3 aromatic rings. The molecule has 2 N–H and O–H groups in total. The van der Waals surface area contributed by atoms with Gasteiger partial charge in [-0.15, -0.1) is 0 Å². The number of benzene rings is 3. The predicted octanol–water partition coefficient (Wildman–Crippen LogP) is 2.53. The summed E-state index contributed by atoms with van der Waals surface area (Å²) in [5.74, 6) is -0.509. The van der Waals surface area contributed by atoms with Gasteiger partial charge >= 0.3 is 0 Å². The SMILES string of the molecule is CN1CCN(S(=O)(=O)c2ccc(NC(=O)CCNC(=O)c3ccc4ccccc4c3)cc2)CC1. The van der Waals surface area contributed by atoms with Crippen molar-refractivity contribution >= 4 is 38.3 Å². The minimum absolute atomic E-state index is 0.0979. The van der Waals surface area contributed by atoms with Gasteiger partial charge in [0.2, 0.25) is 15.9 Å². The Hall–Kier alpha value is -3.27. The van der Waals surface area contributed by atoms with E-state index in [1.165, 1.54) is 16.4 Å². The molecule has 3 aromatic carbocycles. The largest absolute Gasteiger partial charge is 0.352 e. The van der Waals surface area contributed by atoms with Crippen LogP contribution in [-0.2, 0) is 14.8 Å². The molecule has 2 amide bonds. The fourth-order valence-corrected chi connectivity index (χ4v) is 5.26. The van der Waals surface area contributed by atoms with Crippen LogP contribution in [0.3, 0.4) is 0 Å². The second kappa shape index (κ2) is 10.3. The lowest BCUT2D eigenvalue weighted by Crippen LogP contribution is -2.46. The van der Waals surface area contributed by atoms with E-state index in [-0.39, 0.29) is 29.7 Å². The number of nitrogens with one attached hydrogen (secondary N) is 2. The molecule has 34 heavy (non-hydrogen) atoms. The molecule has 4 rings (SSSR count). The Balaban J connectivity index is 1.27. The van der Waals surface area contributed by atoms with E-state index in [9.17, 15) is 18.0 Å². The normalized spacial score (nSPS) is 15.2. The smallest absolute Gasteiger partial charge is 0.251 e. The van der Waals surface area contributed by atoms with Gasteiger partial charge in [0.1, 0.15) is 0 Å². The van der Waals surface area contributed by atoms with Crippen molar-refractivity contribution in [3.05, 3.63) is 72.3 Å². The molecule has 0 unspecified atom stereocenters.